The average molecular weight is 251 g/mol. The van der Waals surface area contributed by atoms with Gasteiger partial charge in [0.05, 0.1) is 11.7 Å². The number of nitrogens with zero attached hydrogens (tertiary/aromatic N) is 3. The molecule has 3 heteroatoms. The minimum Gasteiger partial charge on any atom is -0.300 e. The summed E-state index contributed by atoms with van der Waals surface area (Å²) < 4.78 is 2.06. The van der Waals surface area contributed by atoms with Crippen molar-refractivity contribution in [3.8, 4) is 5.82 Å². The van der Waals surface area contributed by atoms with Gasteiger partial charge in [0, 0.05) is 28.9 Å². The SMILES string of the molecule is CC(C)(C)c1cc2ccn(-c3ccccn3)c2cn1. The highest BCUT2D eigenvalue weighted by Gasteiger charge is 2.16. The molecule has 0 saturated heterocycles. The highest BCUT2D eigenvalue weighted by molar-refractivity contribution is 5.81. The van der Waals surface area contributed by atoms with Gasteiger partial charge in [0.1, 0.15) is 5.82 Å². The van der Waals surface area contributed by atoms with E-state index in [0.717, 1.165) is 17.0 Å². The van der Waals surface area contributed by atoms with Crippen LogP contribution in [-0.4, -0.2) is 14.5 Å². The van der Waals surface area contributed by atoms with Crippen molar-refractivity contribution in [1.82, 2.24) is 14.5 Å². The van der Waals surface area contributed by atoms with E-state index >= 15 is 0 Å². The van der Waals surface area contributed by atoms with Crippen LogP contribution in [0.25, 0.3) is 16.7 Å². The Hall–Kier alpha value is -2.16. The molecule has 19 heavy (non-hydrogen) atoms. The van der Waals surface area contributed by atoms with Crippen LogP contribution in [0.2, 0.25) is 0 Å². The third-order valence-electron chi connectivity index (χ3n) is 3.24. The number of hydrogen-bond acceptors (Lipinski definition) is 2. The fourth-order valence-corrected chi connectivity index (χ4v) is 2.14. The number of fused-ring (bicyclic) bond motifs is 1. The van der Waals surface area contributed by atoms with E-state index in [-0.39, 0.29) is 5.41 Å². The van der Waals surface area contributed by atoms with Crippen LogP contribution in [0.5, 0.6) is 0 Å². The smallest absolute Gasteiger partial charge is 0.137 e. The first-order valence-corrected chi connectivity index (χ1v) is 6.45. The van der Waals surface area contributed by atoms with Crippen LogP contribution in [0.3, 0.4) is 0 Å². The predicted octanol–water partition coefficient (Wildman–Crippen LogP) is 3.72. The molecule has 0 N–H and O–H groups in total. The van der Waals surface area contributed by atoms with E-state index in [1.165, 1.54) is 5.39 Å². The summed E-state index contributed by atoms with van der Waals surface area (Å²) in [5.74, 6) is 0.919. The third kappa shape index (κ3) is 2.12. The molecule has 3 nitrogen and oxygen atoms in total. The summed E-state index contributed by atoms with van der Waals surface area (Å²) >= 11 is 0. The van der Waals surface area contributed by atoms with E-state index in [9.17, 15) is 0 Å². The molecule has 0 fully saturated rings. The van der Waals surface area contributed by atoms with E-state index in [2.05, 4.69) is 47.4 Å². The van der Waals surface area contributed by atoms with Crippen LogP contribution >= 0.6 is 0 Å². The Bertz CT molecular complexity index is 706. The maximum Gasteiger partial charge on any atom is 0.137 e. The monoisotopic (exact) mass is 251 g/mol. The first-order chi connectivity index (χ1) is 9.05. The molecule has 0 spiro atoms. The molecule has 0 amide bonds. The molecule has 0 atom stereocenters. The largest absolute Gasteiger partial charge is 0.300 e. The van der Waals surface area contributed by atoms with E-state index < -0.39 is 0 Å². The molecule has 0 aromatic carbocycles. The zero-order valence-electron chi connectivity index (χ0n) is 11.5. The normalized spacial score (nSPS) is 11.9. The first-order valence-electron chi connectivity index (χ1n) is 6.45. The summed E-state index contributed by atoms with van der Waals surface area (Å²) in [4.78, 5) is 8.97. The minimum atomic E-state index is 0.0707. The van der Waals surface area contributed by atoms with E-state index in [1.54, 1.807) is 6.20 Å². The molecule has 3 aromatic rings. The number of hydrogen-bond donors (Lipinski definition) is 0. The lowest BCUT2D eigenvalue weighted by Gasteiger charge is -2.17. The Morgan fingerprint density at radius 3 is 2.58 bits per heavy atom. The number of pyridine rings is 2. The van der Waals surface area contributed by atoms with Crippen molar-refractivity contribution in [2.75, 3.05) is 0 Å². The lowest BCUT2D eigenvalue weighted by molar-refractivity contribution is 0.570. The molecule has 0 radical (unpaired) electrons. The fraction of sp³-hybridized carbons (Fsp3) is 0.250. The summed E-state index contributed by atoms with van der Waals surface area (Å²) in [6.07, 6.45) is 5.78. The highest BCUT2D eigenvalue weighted by atomic mass is 15.1. The van der Waals surface area contributed by atoms with Crippen molar-refractivity contribution in [2.45, 2.75) is 26.2 Å². The van der Waals surface area contributed by atoms with Gasteiger partial charge >= 0.3 is 0 Å². The quantitative estimate of drug-likeness (QED) is 0.660. The molecule has 0 unspecified atom stereocenters. The lowest BCUT2D eigenvalue weighted by atomic mass is 9.91. The van der Waals surface area contributed by atoms with E-state index in [1.807, 2.05) is 30.6 Å². The molecule has 0 aliphatic rings. The summed E-state index contributed by atoms with van der Waals surface area (Å²) in [6.45, 7) is 6.53. The second kappa shape index (κ2) is 4.19. The van der Waals surface area contributed by atoms with Gasteiger partial charge in [0.15, 0.2) is 0 Å². The molecule has 0 saturated carbocycles. The van der Waals surface area contributed by atoms with Gasteiger partial charge in [-0.1, -0.05) is 26.8 Å². The Morgan fingerprint density at radius 1 is 1.05 bits per heavy atom. The van der Waals surface area contributed by atoms with Gasteiger partial charge in [0.25, 0.3) is 0 Å². The maximum absolute atomic E-state index is 4.59. The molecule has 3 rings (SSSR count). The van der Waals surface area contributed by atoms with Crippen LogP contribution in [0.15, 0.2) is 48.9 Å². The molecule has 96 valence electrons. The van der Waals surface area contributed by atoms with Crippen molar-refractivity contribution < 1.29 is 0 Å². The van der Waals surface area contributed by atoms with Crippen LogP contribution in [0.1, 0.15) is 26.5 Å². The Morgan fingerprint density at radius 2 is 1.89 bits per heavy atom. The molecular formula is C16H17N3. The van der Waals surface area contributed by atoms with Crippen LogP contribution in [-0.2, 0) is 5.41 Å². The topological polar surface area (TPSA) is 30.7 Å². The zero-order chi connectivity index (χ0) is 13.5. The van der Waals surface area contributed by atoms with Crippen molar-refractivity contribution in [1.29, 1.82) is 0 Å². The minimum absolute atomic E-state index is 0.0707. The van der Waals surface area contributed by atoms with Crippen LogP contribution in [0, 0.1) is 0 Å². The number of rotatable bonds is 1. The first kappa shape index (κ1) is 11.9. The molecule has 0 aliphatic heterocycles. The van der Waals surface area contributed by atoms with Gasteiger partial charge in [-0.05, 0) is 24.3 Å². The van der Waals surface area contributed by atoms with Crippen LogP contribution < -0.4 is 0 Å². The molecular weight excluding hydrogens is 234 g/mol. The standard InChI is InChI=1S/C16H17N3/c1-16(2,3)14-10-12-7-9-19(13(12)11-18-14)15-6-4-5-8-17-15/h4-11H,1-3H3. The molecule has 3 heterocycles. The Balaban J connectivity index is 2.16. The lowest BCUT2D eigenvalue weighted by Crippen LogP contribution is -2.13. The van der Waals surface area contributed by atoms with E-state index in [0.29, 0.717) is 0 Å². The Labute approximate surface area is 112 Å². The van der Waals surface area contributed by atoms with Crippen molar-refractivity contribution in [3.05, 3.63) is 54.6 Å². The van der Waals surface area contributed by atoms with Gasteiger partial charge in [-0.25, -0.2) is 4.98 Å². The summed E-state index contributed by atoms with van der Waals surface area (Å²) in [5, 5.41) is 1.20. The van der Waals surface area contributed by atoms with Gasteiger partial charge in [-0.3, -0.25) is 9.55 Å². The summed E-state index contributed by atoms with van der Waals surface area (Å²) in [5.41, 5.74) is 2.27. The summed E-state index contributed by atoms with van der Waals surface area (Å²) in [7, 11) is 0. The number of aromatic nitrogens is 3. The zero-order valence-corrected chi connectivity index (χ0v) is 11.5. The highest BCUT2D eigenvalue weighted by Crippen LogP contribution is 2.25. The molecule has 0 aliphatic carbocycles. The molecule has 3 aromatic heterocycles. The van der Waals surface area contributed by atoms with Gasteiger partial charge in [0.2, 0.25) is 0 Å². The van der Waals surface area contributed by atoms with Gasteiger partial charge in [-0.2, -0.15) is 0 Å². The second-order valence-corrected chi connectivity index (χ2v) is 5.75. The van der Waals surface area contributed by atoms with E-state index in [4.69, 9.17) is 0 Å². The van der Waals surface area contributed by atoms with Gasteiger partial charge in [-0.15, -0.1) is 0 Å². The third-order valence-corrected chi connectivity index (χ3v) is 3.24. The average Bonchev–Trinajstić information content (AvgIpc) is 2.81. The van der Waals surface area contributed by atoms with Crippen LogP contribution in [0.4, 0.5) is 0 Å². The van der Waals surface area contributed by atoms with Crippen molar-refractivity contribution in [2.24, 2.45) is 0 Å². The van der Waals surface area contributed by atoms with Gasteiger partial charge < -0.3 is 0 Å². The summed E-state index contributed by atoms with van der Waals surface area (Å²) in [6, 6.07) is 10.2. The second-order valence-electron chi connectivity index (χ2n) is 5.75. The maximum atomic E-state index is 4.59. The molecule has 0 bridgehead atoms. The fourth-order valence-electron chi connectivity index (χ4n) is 2.14. The Kier molecular flexibility index (Phi) is 2.63. The predicted molar refractivity (Wildman–Crippen MR) is 77.6 cm³/mol. The van der Waals surface area contributed by atoms with Crippen molar-refractivity contribution in [3.63, 3.8) is 0 Å². The van der Waals surface area contributed by atoms with Crippen molar-refractivity contribution >= 4 is 10.9 Å².